The van der Waals surface area contributed by atoms with Crippen molar-refractivity contribution in [1.29, 1.82) is 0 Å². The van der Waals surface area contributed by atoms with Crippen molar-refractivity contribution in [1.82, 2.24) is 5.32 Å². The summed E-state index contributed by atoms with van der Waals surface area (Å²) in [6, 6.07) is -0.00252. The molecule has 2 fully saturated rings. The first-order valence-electron chi connectivity index (χ1n) is 6.91. The summed E-state index contributed by atoms with van der Waals surface area (Å²) in [6.45, 7) is 4.46. The summed E-state index contributed by atoms with van der Waals surface area (Å²) >= 11 is 0. The summed E-state index contributed by atoms with van der Waals surface area (Å²) in [5.41, 5.74) is 6.06. The molecule has 1 saturated carbocycles. The van der Waals surface area contributed by atoms with Crippen LogP contribution in [-0.4, -0.2) is 44.4 Å². The Labute approximate surface area is 108 Å². The zero-order chi connectivity index (χ0) is 13.0. The van der Waals surface area contributed by atoms with Crippen LogP contribution in [0.15, 0.2) is 0 Å². The van der Waals surface area contributed by atoms with Gasteiger partial charge >= 0.3 is 0 Å². The number of hydrogen-bond donors (Lipinski definition) is 2. The normalized spacial score (nSPS) is 37.2. The van der Waals surface area contributed by atoms with Gasteiger partial charge in [0.15, 0.2) is 0 Å². The van der Waals surface area contributed by atoms with Crippen molar-refractivity contribution >= 4 is 5.91 Å². The highest BCUT2D eigenvalue weighted by molar-refractivity contribution is 5.79. The lowest BCUT2D eigenvalue weighted by Gasteiger charge is -2.33. The average Bonchev–Trinajstić information content (AvgIpc) is 2.37. The number of rotatable bonds is 3. The van der Waals surface area contributed by atoms with Crippen LogP contribution in [0.2, 0.25) is 0 Å². The van der Waals surface area contributed by atoms with Gasteiger partial charge in [-0.3, -0.25) is 4.79 Å². The molecule has 0 aromatic carbocycles. The van der Waals surface area contributed by atoms with E-state index in [1.165, 1.54) is 0 Å². The molecule has 4 atom stereocenters. The van der Waals surface area contributed by atoms with Crippen LogP contribution in [0.1, 0.15) is 26.2 Å². The van der Waals surface area contributed by atoms with Gasteiger partial charge in [-0.1, -0.05) is 13.3 Å². The molecule has 104 valence electrons. The summed E-state index contributed by atoms with van der Waals surface area (Å²) in [5, 5.41) is 2.96. The second-order valence-corrected chi connectivity index (χ2v) is 5.41. The molecule has 1 saturated heterocycles. The quantitative estimate of drug-likeness (QED) is 0.761. The van der Waals surface area contributed by atoms with Crippen molar-refractivity contribution in [3.8, 4) is 0 Å². The molecule has 5 heteroatoms. The third-order valence-corrected chi connectivity index (χ3v) is 3.96. The van der Waals surface area contributed by atoms with Gasteiger partial charge in [-0.05, 0) is 18.8 Å². The van der Waals surface area contributed by atoms with Crippen LogP contribution < -0.4 is 11.1 Å². The Morgan fingerprint density at radius 3 is 2.89 bits per heavy atom. The summed E-state index contributed by atoms with van der Waals surface area (Å²) in [5.74, 6) is 0.393. The predicted molar refractivity (Wildman–Crippen MR) is 68.0 cm³/mol. The molecule has 0 aromatic rings. The maximum absolute atomic E-state index is 12.2. The Morgan fingerprint density at radius 1 is 1.39 bits per heavy atom. The Balaban J connectivity index is 1.79. The molecule has 2 aliphatic rings. The topological polar surface area (TPSA) is 73.6 Å². The highest BCUT2D eigenvalue weighted by Gasteiger charge is 2.34. The minimum atomic E-state index is -0.0525. The molecule has 1 heterocycles. The van der Waals surface area contributed by atoms with E-state index in [4.69, 9.17) is 15.2 Å². The third-order valence-electron chi connectivity index (χ3n) is 3.96. The van der Waals surface area contributed by atoms with E-state index < -0.39 is 0 Å². The summed E-state index contributed by atoms with van der Waals surface area (Å²) < 4.78 is 10.8. The first-order chi connectivity index (χ1) is 8.68. The molecule has 0 spiro atoms. The highest BCUT2D eigenvalue weighted by atomic mass is 16.6. The van der Waals surface area contributed by atoms with Gasteiger partial charge in [-0.2, -0.15) is 0 Å². The Morgan fingerprint density at radius 2 is 2.22 bits per heavy atom. The maximum Gasteiger partial charge on any atom is 0.225 e. The highest BCUT2D eigenvalue weighted by Crippen LogP contribution is 2.28. The predicted octanol–water partition coefficient (Wildman–Crippen LogP) is 0.282. The zero-order valence-electron chi connectivity index (χ0n) is 11.1. The molecule has 0 radical (unpaired) electrons. The van der Waals surface area contributed by atoms with E-state index in [0.717, 1.165) is 19.3 Å². The Hall–Kier alpha value is -0.650. The maximum atomic E-state index is 12.2. The molecule has 1 aliphatic heterocycles. The zero-order valence-corrected chi connectivity index (χ0v) is 11.1. The molecular formula is C13H24N2O3. The van der Waals surface area contributed by atoms with Gasteiger partial charge in [0.05, 0.1) is 31.8 Å². The molecule has 5 nitrogen and oxygen atoms in total. The van der Waals surface area contributed by atoms with Crippen molar-refractivity contribution in [3.63, 3.8) is 0 Å². The van der Waals surface area contributed by atoms with Gasteiger partial charge < -0.3 is 20.5 Å². The molecule has 0 bridgehead atoms. The van der Waals surface area contributed by atoms with Gasteiger partial charge in [0.1, 0.15) is 0 Å². The first-order valence-corrected chi connectivity index (χ1v) is 6.91. The van der Waals surface area contributed by atoms with Crippen LogP contribution >= 0.6 is 0 Å². The van der Waals surface area contributed by atoms with E-state index >= 15 is 0 Å². The number of nitrogens with two attached hydrogens (primary N) is 1. The smallest absolute Gasteiger partial charge is 0.225 e. The van der Waals surface area contributed by atoms with Gasteiger partial charge in [0, 0.05) is 12.6 Å². The van der Waals surface area contributed by atoms with Crippen LogP contribution in [0.5, 0.6) is 0 Å². The fraction of sp³-hybridized carbons (Fsp3) is 0.923. The van der Waals surface area contributed by atoms with Crippen molar-refractivity contribution < 1.29 is 14.3 Å². The summed E-state index contributed by atoms with van der Waals surface area (Å²) in [4.78, 5) is 12.2. The number of amides is 1. The van der Waals surface area contributed by atoms with Crippen LogP contribution in [0, 0.1) is 11.8 Å². The van der Waals surface area contributed by atoms with Crippen LogP contribution in [-0.2, 0) is 14.3 Å². The van der Waals surface area contributed by atoms with E-state index in [1.54, 1.807) is 0 Å². The lowest BCUT2D eigenvalue weighted by molar-refractivity contribution is -0.130. The third kappa shape index (κ3) is 3.43. The fourth-order valence-electron chi connectivity index (χ4n) is 2.90. The van der Waals surface area contributed by atoms with Crippen molar-refractivity contribution in [2.75, 3.05) is 26.4 Å². The lowest BCUT2D eigenvalue weighted by atomic mass is 9.76. The number of hydrogen-bond acceptors (Lipinski definition) is 4. The molecule has 3 N–H and O–H groups in total. The van der Waals surface area contributed by atoms with Crippen molar-refractivity contribution in [2.24, 2.45) is 17.6 Å². The summed E-state index contributed by atoms with van der Waals surface area (Å²) in [7, 11) is 0. The molecule has 1 aliphatic carbocycles. The fourth-order valence-corrected chi connectivity index (χ4v) is 2.90. The summed E-state index contributed by atoms with van der Waals surface area (Å²) in [6.07, 6.45) is 3.16. The van der Waals surface area contributed by atoms with Crippen molar-refractivity contribution in [2.45, 2.75) is 38.3 Å². The molecule has 1 amide bonds. The van der Waals surface area contributed by atoms with E-state index in [1.807, 2.05) is 0 Å². The second-order valence-electron chi connectivity index (χ2n) is 5.41. The molecule has 18 heavy (non-hydrogen) atoms. The molecule has 4 unspecified atom stereocenters. The largest absolute Gasteiger partial charge is 0.376 e. The minimum Gasteiger partial charge on any atom is -0.376 e. The van der Waals surface area contributed by atoms with E-state index in [-0.39, 0.29) is 24.0 Å². The first kappa shape index (κ1) is 13.8. The van der Waals surface area contributed by atoms with Gasteiger partial charge in [0.2, 0.25) is 5.91 Å². The monoisotopic (exact) mass is 256 g/mol. The number of nitrogens with one attached hydrogen (secondary N) is 1. The Bertz CT molecular complexity index is 269. The average molecular weight is 256 g/mol. The molecule has 2 rings (SSSR count). The Kier molecular flexibility index (Phi) is 4.97. The van der Waals surface area contributed by atoms with Gasteiger partial charge in [-0.25, -0.2) is 0 Å². The van der Waals surface area contributed by atoms with E-state index in [9.17, 15) is 4.79 Å². The number of carbonyl (C=O) groups is 1. The van der Waals surface area contributed by atoms with Crippen molar-refractivity contribution in [3.05, 3.63) is 0 Å². The van der Waals surface area contributed by atoms with Crippen LogP contribution in [0.3, 0.4) is 0 Å². The SMILES string of the molecule is CC1CCCC(N)C1C(=O)NCC1COCCO1. The standard InChI is InChI=1S/C13H24N2O3/c1-9-3-2-4-11(14)12(9)13(16)15-7-10-8-17-5-6-18-10/h9-12H,2-8,14H2,1H3,(H,15,16). The second kappa shape index (κ2) is 6.50. The lowest BCUT2D eigenvalue weighted by Crippen LogP contribution is -2.49. The number of carbonyl (C=O) groups excluding carboxylic acids is 1. The molecule has 0 aromatic heterocycles. The van der Waals surface area contributed by atoms with E-state index in [0.29, 0.717) is 32.3 Å². The van der Waals surface area contributed by atoms with Gasteiger partial charge in [0.25, 0.3) is 0 Å². The van der Waals surface area contributed by atoms with Crippen LogP contribution in [0.4, 0.5) is 0 Å². The molecular weight excluding hydrogens is 232 g/mol. The van der Waals surface area contributed by atoms with Crippen LogP contribution in [0.25, 0.3) is 0 Å². The minimum absolute atomic E-state index is 0.00252. The van der Waals surface area contributed by atoms with Gasteiger partial charge in [-0.15, -0.1) is 0 Å². The number of ether oxygens (including phenoxy) is 2. The van der Waals surface area contributed by atoms with E-state index in [2.05, 4.69) is 12.2 Å².